The molecule has 0 bridgehead atoms. The average Bonchev–Trinajstić information content (AvgIpc) is 3.63. The molecule has 0 aliphatic carbocycles. The number of fused-ring (bicyclic) bond motifs is 2. The molecule has 4 aliphatic rings. The van der Waals surface area contributed by atoms with Gasteiger partial charge in [0.25, 0.3) is 35.4 Å². The first-order chi connectivity index (χ1) is 28.2. The zero-order valence-electron chi connectivity index (χ0n) is 36.7. The number of amides is 6. The quantitative estimate of drug-likeness (QED) is 0.150. The smallest absolute Gasteiger partial charge is 0.261 e. The molecule has 2 fully saturated rings. The third kappa shape index (κ3) is 7.15. The molecule has 0 radical (unpaired) electrons. The Morgan fingerprint density at radius 2 is 0.883 bits per heavy atom. The number of carbonyl (C=O) groups excluding carboxylic acids is 6. The van der Waals surface area contributed by atoms with Crippen LogP contribution in [-0.4, -0.2) is 79.5 Å². The summed E-state index contributed by atoms with van der Waals surface area (Å²) in [6.07, 6.45) is 4.66. The van der Waals surface area contributed by atoms with E-state index in [1.165, 1.54) is 21.9 Å². The van der Waals surface area contributed by atoms with Crippen molar-refractivity contribution in [1.82, 2.24) is 20.4 Å². The minimum Gasteiger partial charge on any atom is -0.322 e. The number of benzene rings is 3. The van der Waals surface area contributed by atoms with E-state index in [1.54, 1.807) is 48.5 Å². The fourth-order valence-corrected chi connectivity index (χ4v) is 10.2. The van der Waals surface area contributed by atoms with Gasteiger partial charge in [-0.1, -0.05) is 41.5 Å². The molecule has 7 rings (SSSR count). The van der Waals surface area contributed by atoms with Gasteiger partial charge in [-0.15, -0.1) is 0 Å². The van der Waals surface area contributed by atoms with Crippen LogP contribution in [0.3, 0.4) is 0 Å². The monoisotopic (exact) mass is 816 g/mol. The Kier molecular flexibility index (Phi) is 11.0. The molecule has 3 aromatic carbocycles. The molecule has 8 unspecified atom stereocenters. The van der Waals surface area contributed by atoms with Gasteiger partial charge < -0.3 is 21.3 Å². The topological polar surface area (TPSA) is 157 Å². The van der Waals surface area contributed by atoms with E-state index in [1.807, 2.05) is 0 Å². The average molecular weight is 817 g/mol. The summed E-state index contributed by atoms with van der Waals surface area (Å²) in [5.74, 6) is -2.31. The third-order valence-corrected chi connectivity index (χ3v) is 15.1. The van der Waals surface area contributed by atoms with Crippen LogP contribution in [0, 0.1) is 11.8 Å². The summed E-state index contributed by atoms with van der Waals surface area (Å²) < 4.78 is 0. The number of carbonyl (C=O) groups is 6. The maximum absolute atomic E-state index is 13.9. The first kappa shape index (κ1) is 42.9. The van der Waals surface area contributed by atoms with Gasteiger partial charge in [0, 0.05) is 56.7 Å². The molecule has 2 saturated heterocycles. The van der Waals surface area contributed by atoms with Gasteiger partial charge in [-0.3, -0.25) is 38.6 Å². The summed E-state index contributed by atoms with van der Waals surface area (Å²) in [6, 6.07) is 15.2. The van der Waals surface area contributed by atoms with Crippen molar-refractivity contribution < 1.29 is 28.8 Å². The highest BCUT2D eigenvalue weighted by molar-refractivity contribution is 6.23. The lowest BCUT2D eigenvalue weighted by Gasteiger charge is -2.55. The number of piperidine rings is 2. The summed E-state index contributed by atoms with van der Waals surface area (Å²) in [5.41, 5.74) is 1.40. The largest absolute Gasteiger partial charge is 0.322 e. The highest BCUT2D eigenvalue weighted by Crippen LogP contribution is 2.44. The van der Waals surface area contributed by atoms with E-state index in [0.29, 0.717) is 35.3 Å². The molecule has 4 heterocycles. The van der Waals surface area contributed by atoms with Crippen LogP contribution in [0.15, 0.2) is 60.7 Å². The summed E-state index contributed by atoms with van der Waals surface area (Å²) in [7, 11) is 0. The van der Waals surface area contributed by atoms with Gasteiger partial charge in [0.1, 0.15) is 0 Å². The van der Waals surface area contributed by atoms with Crippen molar-refractivity contribution in [3.05, 3.63) is 94.0 Å². The summed E-state index contributed by atoms with van der Waals surface area (Å²) in [6.45, 7) is 21.3. The first-order valence-electron chi connectivity index (χ1n) is 21.6. The summed E-state index contributed by atoms with van der Waals surface area (Å²) >= 11 is 0. The molecular formula is C48H60N6O6. The van der Waals surface area contributed by atoms with E-state index in [4.69, 9.17) is 0 Å². The van der Waals surface area contributed by atoms with E-state index in [0.717, 1.165) is 25.7 Å². The molecule has 0 aromatic heterocycles. The van der Waals surface area contributed by atoms with Gasteiger partial charge in [-0.25, -0.2) is 0 Å². The normalized spacial score (nSPS) is 31.3. The Morgan fingerprint density at radius 1 is 0.550 bits per heavy atom. The molecule has 60 heavy (non-hydrogen) atoms. The highest BCUT2D eigenvalue weighted by Gasteiger charge is 2.54. The molecule has 12 nitrogen and oxygen atoms in total. The van der Waals surface area contributed by atoms with Gasteiger partial charge in [-0.2, -0.15) is 0 Å². The van der Waals surface area contributed by atoms with Crippen LogP contribution in [0.1, 0.15) is 170 Å². The van der Waals surface area contributed by atoms with Gasteiger partial charge in [-0.05, 0) is 139 Å². The maximum atomic E-state index is 13.9. The van der Waals surface area contributed by atoms with Crippen LogP contribution >= 0.6 is 0 Å². The van der Waals surface area contributed by atoms with Crippen molar-refractivity contribution in [2.75, 3.05) is 10.6 Å². The molecule has 4 N–H and O–H groups in total. The first-order valence-corrected chi connectivity index (χ1v) is 21.6. The second-order valence-corrected chi connectivity index (χ2v) is 18.7. The predicted octanol–water partition coefficient (Wildman–Crippen LogP) is 8.05. The van der Waals surface area contributed by atoms with E-state index in [2.05, 4.69) is 90.5 Å². The second kappa shape index (κ2) is 15.4. The molecular weight excluding hydrogens is 757 g/mol. The molecule has 3 aromatic rings. The Morgan fingerprint density at radius 3 is 1.20 bits per heavy atom. The van der Waals surface area contributed by atoms with Gasteiger partial charge in [0.2, 0.25) is 0 Å². The lowest BCUT2D eigenvalue weighted by molar-refractivity contribution is 0.00642. The van der Waals surface area contributed by atoms with Crippen LogP contribution in [0.4, 0.5) is 11.4 Å². The number of rotatable bonds is 10. The Hall–Kier alpha value is -5.20. The van der Waals surface area contributed by atoms with Crippen LogP contribution < -0.4 is 21.3 Å². The molecule has 6 amide bonds. The van der Waals surface area contributed by atoms with Crippen molar-refractivity contribution in [2.24, 2.45) is 11.8 Å². The summed E-state index contributed by atoms with van der Waals surface area (Å²) in [4.78, 5) is 85.1. The lowest BCUT2D eigenvalue weighted by Crippen LogP contribution is -2.69. The molecule has 12 heteroatoms. The minimum atomic E-state index is -0.454. The number of anilines is 2. The molecule has 318 valence electrons. The van der Waals surface area contributed by atoms with Crippen molar-refractivity contribution in [1.29, 1.82) is 0 Å². The van der Waals surface area contributed by atoms with E-state index in [-0.39, 0.29) is 92.0 Å². The van der Waals surface area contributed by atoms with Gasteiger partial charge >= 0.3 is 0 Å². The van der Waals surface area contributed by atoms with E-state index >= 15 is 0 Å². The third-order valence-electron chi connectivity index (χ3n) is 15.1. The molecule has 4 aliphatic heterocycles. The number of imide groups is 2. The van der Waals surface area contributed by atoms with Gasteiger partial charge in [0.15, 0.2) is 0 Å². The van der Waals surface area contributed by atoms with Crippen LogP contribution in [0.5, 0.6) is 0 Å². The van der Waals surface area contributed by atoms with Crippen LogP contribution in [0.25, 0.3) is 0 Å². The van der Waals surface area contributed by atoms with Gasteiger partial charge in [0.05, 0.1) is 22.3 Å². The van der Waals surface area contributed by atoms with Crippen molar-refractivity contribution >= 4 is 46.8 Å². The number of hydrogen-bond donors (Lipinski definition) is 4. The number of nitrogens with one attached hydrogen (secondary N) is 4. The second-order valence-electron chi connectivity index (χ2n) is 18.7. The fraction of sp³-hybridized carbons (Fsp3) is 0.500. The SMILES string of the molecule is CCC1(C)CC(N2C(=O)c3ccc(C(=O)Nc4ccc(NC(=O)c5ccc6c(c5)C(=O)N(C5CC(C)(CC)NC(C)(CC)C5C)C6=O)cc4)cc3C2=O)C(C)C(C)(CC)N1. The Balaban J connectivity index is 1.01. The van der Waals surface area contributed by atoms with Crippen LogP contribution in [0.2, 0.25) is 0 Å². The predicted molar refractivity (Wildman–Crippen MR) is 232 cm³/mol. The zero-order chi connectivity index (χ0) is 43.7. The minimum absolute atomic E-state index is 0.0118. The fourth-order valence-electron chi connectivity index (χ4n) is 10.2. The van der Waals surface area contributed by atoms with Crippen molar-refractivity contribution in [2.45, 2.75) is 142 Å². The molecule has 0 saturated carbocycles. The van der Waals surface area contributed by atoms with Crippen molar-refractivity contribution in [3.63, 3.8) is 0 Å². The van der Waals surface area contributed by atoms with E-state index < -0.39 is 11.8 Å². The zero-order valence-corrected chi connectivity index (χ0v) is 36.7. The molecule has 0 spiro atoms. The number of nitrogens with zero attached hydrogens (tertiary/aromatic N) is 2. The Labute approximate surface area is 353 Å². The maximum Gasteiger partial charge on any atom is 0.261 e. The Bertz CT molecular complexity index is 2130. The number of hydrogen-bond acceptors (Lipinski definition) is 8. The lowest BCUT2D eigenvalue weighted by atomic mass is 9.68. The van der Waals surface area contributed by atoms with Crippen molar-refractivity contribution in [3.8, 4) is 0 Å². The molecule has 8 atom stereocenters. The van der Waals surface area contributed by atoms with E-state index in [9.17, 15) is 28.8 Å². The highest BCUT2D eigenvalue weighted by atomic mass is 16.2. The van der Waals surface area contributed by atoms with Crippen LogP contribution in [-0.2, 0) is 0 Å². The summed E-state index contributed by atoms with van der Waals surface area (Å²) in [5, 5.41) is 13.3. The standard InChI is InChI=1S/C48H60N6O6/c1-11-45(7)25-37(27(5)47(9,13-3)51-45)53-41(57)33-21-15-29(23-35(33)43(53)59)39(55)49-31-17-19-32(20-18-31)50-40(56)30-16-22-34-36(24-30)44(60)54(42(34)58)38-26-46(8,12-2)52-48(10,14-4)28(38)6/h15-24,27-28,37-38,51-52H,11-14,25-26H2,1-10H3,(H,49,55)(H,50,56).